The predicted molar refractivity (Wildman–Crippen MR) is 67.0 cm³/mol. The van der Waals surface area contributed by atoms with Crippen LogP contribution in [0.2, 0.25) is 0 Å². The van der Waals surface area contributed by atoms with Crippen molar-refractivity contribution in [2.75, 3.05) is 6.54 Å². The van der Waals surface area contributed by atoms with Crippen LogP contribution < -0.4 is 5.73 Å². The zero-order valence-electron chi connectivity index (χ0n) is 9.77. The summed E-state index contributed by atoms with van der Waals surface area (Å²) in [6.45, 7) is 0.776. The zero-order chi connectivity index (χ0) is 12.1. The Morgan fingerprint density at radius 2 is 1.59 bits per heavy atom. The largest absolute Gasteiger partial charge is 0.357 e. The fraction of sp³-hybridized carbons (Fsp3) is 0.200. The second-order valence-corrected chi connectivity index (χ2v) is 4.19. The molecule has 0 aliphatic carbocycles. The number of hydrogen-bond donors (Lipinski definition) is 1. The minimum atomic E-state index is -0.123. The molecule has 0 amide bonds. The van der Waals surface area contributed by atoms with Crippen molar-refractivity contribution in [3.8, 4) is 0 Å². The summed E-state index contributed by atoms with van der Waals surface area (Å²) in [5.41, 5.74) is 5.96. The van der Waals surface area contributed by atoms with Crippen molar-refractivity contribution in [1.82, 2.24) is 0 Å². The molecule has 3 N–H and O–H groups in total. The van der Waals surface area contributed by atoms with Gasteiger partial charge in [0, 0.05) is 5.92 Å². The molecule has 0 saturated heterocycles. The molecule has 0 unspecified atom stereocenters. The van der Waals surface area contributed by atoms with Gasteiger partial charge in [-0.05, 0) is 23.6 Å². The van der Waals surface area contributed by atoms with Gasteiger partial charge in [0.1, 0.15) is 5.82 Å². The summed E-state index contributed by atoms with van der Waals surface area (Å²) >= 11 is 0. The quantitative estimate of drug-likeness (QED) is 0.835. The van der Waals surface area contributed by atoms with Crippen molar-refractivity contribution in [3.63, 3.8) is 0 Å². The third-order valence-electron chi connectivity index (χ3n) is 3.04. The maximum atomic E-state index is 13.6. The van der Waals surface area contributed by atoms with Gasteiger partial charge in [0.05, 0.1) is 6.54 Å². The van der Waals surface area contributed by atoms with E-state index in [0.717, 1.165) is 12.1 Å². The Labute approximate surface area is 101 Å². The molecule has 0 radical (unpaired) electrons. The Hall–Kier alpha value is -1.67. The summed E-state index contributed by atoms with van der Waals surface area (Å²) in [7, 11) is 0. The molecule has 0 saturated carbocycles. The molecule has 1 nitrogen and oxygen atoms in total. The van der Waals surface area contributed by atoms with E-state index in [1.165, 1.54) is 11.6 Å². The van der Waals surface area contributed by atoms with Crippen LogP contribution in [0.1, 0.15) is 17.0 Å². The molecular weight excluding hydrogens is 213 g/mol. The van der Waals surface area contributed by atoms with E-state index in [4.69, 9.17) is 0 Å². The highest BCUT2D eigenvalue weighted by molar-refractivity contribution is 5.25. The Bertz CT molecular complexity index is 467. The van der Waals surface area contributed by atoms with E-state index >= 15 is 0 Å². The standard InChI is InChI=1S/C15H16FN/c16-15-9-5-4-8-13(15)10-14(11-17)12-6-2-1-3-7-12/h1-9,14H,10-11,17H2/p+1/t14-/m1/s1. The van der Waals surface area contributed by atoms with Gasteiger partial charge in [-0.2, -0.15) is 0 Å². The molecule has 0 heterocycles. The lowest BCUT2D eigenvalue weighted by Gasteiger charge is -2.13. The summed E-state index contributed by atoms with van der Waals surface area (Å²) in [6.07, 6.45) is 0.709. The van der Waals surface area contributed by atoms with Gasteiger partial charge in [-0.1, -0.05) is 48.5 Å². The minimum Gasteiger partial charge on any atom is -0.357 e. The van der Waals surface area contributed by atoms with E-state index in [9.17, 15) is 4.39 Å². The van der Waals surface area contributed by atoms with Gasteiger partial charge in [0.15, 0.2) is 0 Å². The van der Waals surface area contributed by atoms with Gasteiger partial charge in [-0.3, -0.25) is 0 Å². The lowest BCUT2D eigenvalue weighted by atomic mass is 9.92. The van der Waals surface area contributed by atoms with Crippen molar-refractivity contribution in [2.24, 2.45) is 0 Å². The average Bonchev–Trinajstić information content (AvgIpc) is 2.39. The van der Waals surface area contributed by atoms with Crippen molar-refractivity contribution in [3.05, 3.63) is 71.5 Å². The molecule has 0 bridgehead atoms. The maximum Gasteiger partial charge on any atom is 0.126 e. The van der Waals surface area contributed by atoms with Crippen LogP contribution in [0.3, 0.4) is 0 Å². The highest BCUT2D eigenvalue weighted by Gasteiger charge is 2.14. The fourth-order valence-electron chi connectivity index (χ4n) is 2.04. The summed E-state index contributed by atoms with van der Waals surface area (Å²) in [5, 5.41) is 0. The van der Waals surface area contributed by atoms with Crippen LogP contribution in [-0.2, 0) is 6.42 Å². The van der Waals surface area contributed by atoms with E-state index in [1.807, 2.05) is 30.3 Å². The molecular formula is C15H17FN+. The molecule has 2 aromatic rings. The Kier molecular flexibility index (Phi) is 3.89. The van der Waals surface area contributed by atoms with Gasteiger partial charge < -0.3 is 5.73 Å². The number of rotatable bonds is 4. The Balaban J connectivity index is 2.19. The van der Waals surface area contributed by atoms with Gasteiger partial charge >= 0.3 is 0 Å². The molecule has 0 aromatic heterocycles. The van der Waals surface area contributed by atoms with E-state index in [-0.39, 0.29) is 11.7 Å². The molecule has 2 heteroatoms. The smallest absolute Gasteiger partial charge is 0.126 e. The van der Waals surface area contributed by atoms with Crippen molar-refractivity contribution < 1.29 is 10.1 Å². The third kappa shape index (κ3) is 2.92. The van der Waals surface area contributed by atoms with E-state index in [2.05, 4.69) is 17.9 Å². The highest BCUT2D eigenvalue weighted by atomic mass is 19.1. The molecule has 1 atom stereocenters. The molecule has 2 rings (SSSR count). The average molecular weight is 230 g/mol. The van der Waals surface area contributed by atoms with E-state index in [1.54, 1.807) is 6.07 Å². The summed E-state index contributed by atoms with van der Waals surface area (Å²) in [5.74, 6) is 0.162. The third-order valence-corrected chi connectivity index (χ3v) is 3.04. The van der Waals surface area contributed by atoms with E-state index < -0.39 is 0 Å². The van der Waals surface area contributed by atoms with Gasteiger partial charge in [-0.25, -0.2) is 4.39 Å². The Morgan fingerprint density at radius 3 is 2.24 bits per heavy atom. The van der Waals surface area contributed by atoms with Crippen LogP contribution in [0.5, 0.6) is 0 Å². The van der Waals surface area contributed by atoms with Gasteiger partial charge in [0.25, 0.3) is 0 Å². The highest BCUT2D eigenvalue weighted by Crippen LogP contribution is 2.20. The van der Waals surface area contributed by atoms with Gasteiger partial charge in [-0.15, -0.1) is 0 Å². The van der Waals surface area contributed by atoms with E-state index in [0.29, 0.717) is 6.42 Å². The number of quaternary nitrogens is 1. The van der Waals surface area contributed by atoms with Crippen LogP contribution >= 0.6 is 0 Å². The lowest BCUT2D eigenvalue weighted by molar-refractivity contribution is -0.372. The van der Waals surface area contributed by atoms with Gasteiger partial charge in [0.2, 0.25) is 0 Å². The lowest BCUT2D eigenvalue weighted by Crippen LogP contribution is -2.53. The first-order valence-electron chi connectivity index (χ1n) is 5.89. The first-order chi connectivity index (χ1) is 8.31. The number of halogens is 1. The molecule has 0 aliphatic heterocycles. The SMILES string of the molecule is [NH3+]C[C@@H](Cc1ccccc1F)c1ccccc1. The first-order valence-corrected chi connectivity index (χ1v) is 5.89. The molecule has 0 fully saturated rings. The number of hydrogen-bond acceptors (Lipinski definition) is 0. The fourth-order valence-corrected chi connectivity index (χ4v) is 2.04. The molecule has 2 aromatic carbocycles. The normalized spacial score (nSPS) is 12.4. The summed E-state index contributed by atoms with van der Waals surface area (Å²) in [4.78, 5) is 0. The van der Waals surface area contributed by atoms with Crippen molar-refractivity contribution in [2.45, 2.75) is 12.3 Å². The van der Waals surface area contributed by atoms with Crippen LogP contribution in [0.25, 0.3) is 0 Å². The molecule has 88 valence electrons. The van der Waals surface area contributed by atoms with Crippen LogP contribution in [-0.4, -0.2) is 6.54 Å². The van der Waals surface area contributed by atoms with Crippen LogP contribution in [0.4, 0.5) is 4.39 Å². The second-order valence-electron chi connectivity index (χ2n) is 4.19. The molecule has 0 aliphatic rings. The van der Waals surface area contributed by atoms with Crippen LogP contribution in [0, 0.1) is 5.82 Å². The molecule has 0 spiro atoms. The topological polar surface area (TPSA) is 27.6 Å². The summed E-state index contributed by atoms with van der Waals surface area (Å²) in [6, 6.07) is 17.1. The first kappa shape index (κ1) is 11.8. The number of benzene rings is 2. The summed E-state index contributed by atoms with van der Waals surface area (Å²) < 4.78 is 13.6. The minimum absolute atomic E-state index is 0.123. The Morgan fingerprint density at radius 1 is 0.941 bits per heavy atom. The van der Waals surface area contributed by atoms with Crippen molar-refractivity contribution in [1.29, 1.82) is 0 Å². The monoisotopic (exact) mass is 230 g/mol. The van der Waals surface area contributed by atoms with Crippen molar-refractivity contribution >= 4 is 0 Å². The second kappa shape index (κ2) is 5.60. The maximum absolute atomic E-state index is 13.6. The predicted octanol–water partition coefficient (Wildman–Crippen LogP) is 2.39. The molecule has 17 heavy (non-hydrogen) atoms. The zero-order valence-corrected chi connectivity index (χ0v) is 9.77. The van der Waals surface area contributed by atoms with Crippen LogP contribution in [0.15, 0.2) is 54.6 Å².